The normalized spacial score (nSPS) is 10.3. The summed E-state index contributed by atoms with van der Waals surface area (Å²) in [5, 5.41) is 0. The Morgan fingerprint density at radius 2 is 1.94 bits per heavy atom. The third-order valence-corrected chi connectivity index (χ3v) is 2.87. The zero-order valence-electron chi connectivity index (χ0n) is 9.27. The quantitative estimate of drug-likeness (QED) is 0.815. The van der Waals surface area contributed by atoms with Crippen LogP contribution in [0.1, 0.15) is 5.56 Å². The van der Waals surface area contributed by atoms with Gasteiger partial charge in [-0.2, -0.15) is 4.39 Å². The molecular formula is C12H11BrFN3. The second-order valence-corrected chi connectivity index (χ2v) is 4.60. The molecule has 5 heteroatoms. The Kier molecular flexibility index (Phi) is 3.68. The number of benzene rings is 1. The van der Waals surface area contributed by atoms with Crippen LogP contribution in [0.4, 0.5) is 10.2 Å². The number of rotatable bonds is 3. The number of hydrogen-bond acceptors (Lipinski definition) is 3. The van der Waals surface area contributed by atoms with E-state index in [4.69, 9.17) is 0 Å². The van der Waals surface area contributed by atoms with Gasteiger partial charge in [0.25, 0.3) is 0 Å². The predicted octanol–water partition coefficient (Wildman–Crippen LogP) is 3.01. The Hall–Kier alpha value is -1.49. The number of nitrogens with zero attached hydrogens (tertiary/aromatic N) is 3. The van der Waals surface area contributed by atoms with Crippen LogP contribution in [0, 0.1) is 5.95 Å². The lowest BCUT2D eigenvalue weighted by Gasteiger charge is -2.17. The van der Waals surface area contributed by atoms with Crippen LogP contribution < -0.4 is 4.90 Å². The molecule has 0 atom stereocenters. The summed E-state index contributed by atoms with van der Waals surface area (Å²) in [6.45, 7) is 0.670. The van der Waals surface area contributed by atoms with E-state index in [2.05, 4.69) is 25.9 Å². The van der Waals surface area contributed by atoms with Crippen LogP contribution in [-0.2, 0) is 6.54 Å². The van der Waals surface area contributed by atoms with Gasteiger partial charge in [-0.15, -0.1) is 0 Å². The van der Waals surface area contributed by atoms with Gasteiger partial charge in [0.05, 0.1) is 0 Å². The van der Waals surface area contributed by atoms with Crippen molar-refractivity contribution in [2.75, 3.05) is 11.9 Å². The van der Waals surface area contributed by atoms with Crippen molar-refractivity contribution < 1.29 is 4.39 Å². The summed E-state index contributed by atoms with van der Waals surface area (Å²) in [5.41, 5.74) is 1.13. The fraction of sp³-hybridized carbons (Fsp3) is 0.167. The van der Waals surface area contributed by atoms with Crippen molar-refractivity contribution in [2.24, 2.45) is 0 Å². The van der Waals surface area contributed by atoms with Crippen LogP contribution in [0.5, 0.6) is 0 Å². The van der Waals surface area contributed by atoms with Gasteiger partial charge < -0.3 is 4.90 Å². The molecule has 0 aliphatic rings. The molecule has 0 radical (unpaired) electrons. The molecule has 0 unspecified atom stereocenters. The fourth-order valence-corrected chi connectivity index (χ4v) is 1.74. The molecular weight excluding hydrogens is 285 g/mol. The van der Waals surface area contributed by atoms with E-state index in [1.165, 1.54) is 12.4 Å². The standard InChI is InChI=1S/C12H11BrFN3/c1-17(12-6-11(14)15-8-16-12)7-9-2-4-10(13)5-3-9/h2-6,8H,7H2,1H3. The summed E-state index contributed by atoms with van der Waals surface area (Å²) in [5.74, 6) is 0.0538. The number of hydrogen-bond donors (Lipinski definition) is 0. The Labute approximate surface area is 107 Å². The lowest BCUT2D eigenvalue weighted by atomic mass is 10.2. The molecule has 1 heterocycles. The van der Waals surface area contributed by atoms with E-state index in [0.29, 0.717) is 12.4 Å². The third-order valence-electron chi connectivity index (χ3n) is 2.34. The van der Waals surface area contributed by atoms with Crippen LogP contribution >= 0.6 is 15.9 Å². The molecule has 0 aliphatic heterocycles. The molecule has 0 spiro atoms. The van der Waals surface area contributed by atoms with Gasteiger partial charge in [-0.1, -0.05) is 28.1 Å². The summed E-state index contributed by atoms with van der Waals surface area (Å²) in [7, 11) is 1.86. The Morgan fingerprint density at radius 1 is 1.24 bits per heavy atom. The average Bonchev–Trinajstić information content (AvgIpc) is 2.32. The van der Waals surface area contributed by atoms with Crippen molar-refractivity contribution in [3.63, 3.8) is 0 Å². The van der Waals surface area contributed by atoms with Crippen LogP contribution in [0.25, 0.3) is 0 Å². The van der Waals surface area contributed by atoms with Gasteiger partial charge in [-0.25, -0.2) is 9.97 Å². The van der Waals surface area contributed by atoms with E-state index in [1.54, 1.807) is 0 Å². The summed E-state index contributed by atoms with van der Waals surface area (Å²) < 4.78 is 14.0. The van der Waals surface area contributed by atoms with E-state index >= 15 is 0 Å². The smallest absolute Gasteiger partial charge is 0.218 e. The van der Waals surface area contributed by atoms with E-state index in [-0.39, 0.29) is 0 Å². The number of aromatic nitrogens is 2. The third kappa shape index (κ3) is 3.23. The zero-order chi connectivity index (χ0) is 12.3. The lowest BCUT2D eigenvalue weighted by molar-refractivity contribution is 0.578. The first-order valence-corrected chi connectivity index (χ1v) is 5.87. The van der Waals surface area contributed by atoms with Crippen molar-refractivity contribution >= 4 is 21.7 Å². The summed E-state index contributed by atoms with van der Waals surface area (Å²) in [4.78, 5) is 9.32. The highest BCUT2D eigenvalue weighted by atomic mass is 79.9. The predicted molar refractivity (Wildman–Crippen MR) is 68.2 cm³/mol. The monoisotopic (exact) mass is 295 g/mol. The van der Waals surface area contributed by atoms with E-state index < -0.39 is 5.95 Å². The van der Waals surface area contributed by atoms with E-state index in [9.17, 15) is 4.39 Å². The van der Waals surface area contributed by atoms with Gasteiger partial charge in [-0.3, -0.25) is 0 Å². The topological polar surface area (TPSA) is 29.0 Å². The molecule has 3 nitrogen and oxygen atoms in total. The summed E-state index contributed by atoms with van der Waals surface area (Å²) in [6.07, 6.45) is 1.22. The maximum atomic E-state index is 12.9. The van der Waals surface area contributed by atoms with Gasteiger partial charge >= 0.3 is 0 Å². The second-order valence-electron chi connectivity index (χ2n) is 3.68. The Bertz CT molecular complexity index is 501. The minimum absolute atomic E-state index is 0.516. The van der Waals surface area contributed by atoms with Gasteiger partial charge in [0, 0.05) is 24.1 Å². The first-order chi connectivity index (χ1) is 8.15. The number of halogens is 2. The van der Waals surface area contributed by atoms with Crippen molar-refractivity contribution in [2.45, 2.75) is 6.54 Å². The average molecular weight is 296 g/mol. The van der Waals surface area contributed by atoms with Gasteiger partial charge in [-0.05, 0) is 17.7 Å². The van der Waals surface area contributed by atoms with Crippen LogP contribution in [0.3, 0.4) is 0 Å². The molecule has 2 aromatic rings. The molecule has 17 heavy (non-hydrogen) atoms. The molecule has 2 rings (SSSR count). The molecule has 1 aromatic carbocycles. The van der Waals surface area contributed by atoms with E-state index in [1.807, 2.05) is 36.2 Å². The van der Waals surface area contributed by atoms with Crippen molar-refractivity contribution in [3.8, 4) is 0 Å². The van der Waals surface area contributed by atoms with Crippen molar-refractivity contribution in [3.05, 3.63) is 52.6 Å². The second kappa shape index (κ2) is 5.23. The minimum Gasteiger partial charge on any atom is -0.355 e. The Morgan fingerprint density at radius 3 is 2.59 bits per heavy atom. The van der Waals surface area contributed by atoms with Gasteiger partial charge in [0.15, 0.2) is 0 Å². The molecule has 1 aromatic heterocycles. The minimum atomic E-state index is -0.516. The maximum Gasteiger partial charge on any atom is 0.218 e. The van der Waals surface area contributed by atoms with Crippen LogP contribution in [0.2, 0.25) is 0 Å². The first kappa shape index (κ1) is 12.0. The van der Waals surface area contributed by atoms with Gasteiger partial charge in [0.1, 0.15) is 12.1 Å². The van der Waals surface area contributed by atoms with Crippen LogP contribution in [-0.4, -0.2) is 17.0 Å². The van der Waals surface area contributed by atoms with E-state index in [0.717, 1.165) is 10.0 Å². The van der Waals surface area contributed by atoms with Gasteiger partial charge in [0.2, 0.25) is 5.95 Å². The van der Waals surface area contributed by atoms with Crippen molar-refractivity contribution in [1.29, 1.82) is 0 Å². The lowest BCUT2D eigenvalue weighted by Crippen LogP contribution is -2.17. The van der Waals surface area contributed by atoms with Crippen molar-refractivity contribution in [1.82, 2.24) is 9.97 Å². The molecule has 0 saturated heterocycles. The highest BCUT2D eigenvalue weighted by Gasteiger charge is 2.05. The molecule has 88 valence electrons. The Balaban J connectivity index is 2.11. The molecule has 0 fully saturated rings. The first-order valence-electron chi connectivity index (χ1n) is 5.08. The highest BCUT2D eigenvalue weighted by Crippen LogP contribution is 2.15. The maximum absolute atomic E-state index is 12.9. The fourth-order valence-electron chi connectivity index (χ4n) is 1.48. The van der Waals surface area contributed by atoms with Crippen LogP contribution in [0.15, 0.2) is 41.1 Å². The number of anilines is 1. The summed E-state index contributed by atoms with van der Waals surface area (Å²) >= 11 is 3.38. The molecule has 0 saturated carbocycles. The molecule has 0 bridgehead atoms. The highest BCUT2D eigenvalue weighted by molar-refractivity contribution is 9.10. The molecule has 0 amide bonds. The molecule has 0 aliphatic carbocycles. The summed E-state index contributed by atoms with van der Waals surface area (Å²) in [6, 6.07) is 9.29. The SMILES string of the molecule is CN(Cc1ccc(Br)cc1)c1cc(F)ncn1. The zero-order valence-corrected chi connectivity index (χ0v) is 10.9. The largest absolute Gasteiger partial charge is 0.355 e. The molecule has 0 N–H and O–H groups in total.